The highest BCUT2D eigenvalue weighted by Gasteiger charge is 2.12. The molecule has 19 heavy (non-hydrogen) atoms. The Morgan fingerprint density at radius 2 is 1.79 bits per heavy atom. The molecule has 1 aromatic carbocycles. The van der Waals surface area contributed by atoms with Crippen LogP contribution in [-0.4, -0.2) is 10.9 Å². The first-order chi connectivity index (χ1) is 8.97. The lowest BCUT2D eigenvalue weighted by molar-refractivity contribution is 0.102. The van der Waals surface area contributed by atoms with Gasteiger partial charge in [-0.15, -0.1) is 0 Å². The second kappa shape index (κ2) is 6.09. The highest BCUT2D eigenvalue weighted by Crippen LogP contribution is 2.34. The van der Waals surface area contributed by atoms with Crippen LogP contribution in [0.2, 0.25) is 15.2 Å². The fraction of sp³-hybridized carbons (Fsp3) is 0. The fourth-order valence-corrected chi connectivity index (χ4v) is 2.77. The van der Waals surface area contributed by atoms with Crippen molar-refractivity contribution < 1.29 is 4.79 Å². The Hall–Kier alpha value is -0.810. The van der Waals surface area contributed by atoms with E-state index in [1.54, 1.807) is 18.2 Å². The topological polar surface area (TPSA) is 42.0 Å². The lowest BCUT2D eigenvalue weighted by Gasteiger charge is -2.09. The number of benzene rings is 1. The van der Waals surface area contributed by atoms with E-state index in [0.717, 1.165) is 4.47 Å². The van der Waals surface area contributed by atoms with Gasteiger partial charge in [-0.2, -0.15) is 0 Å². The average Bonchev–Trinajstić information content (AvgIpc) is 2.34. The van der Waals surface area contributed by atoms with E-state index in [1.807, 2.05) is 0 Å². The van der Waals surface area contributed by atoms with Crippen LogP contribution in [0.25, 0.3) is 0 Å². The number of nitrogens with zero attached hydrogens (tertiary/aromatic N) is 1. The van der Waals surface area contributed by atoms with E-state index in [2.05, 4.69) is 26.2 Å². The monoisotopic (exact) mass is 378 g/mol. The first-order valence-electron chi connectivity index (χ1n) is 5.05. The van der Waals surface area contributed by atoms with Crippen molar-refractivity contribution in [1.29, 1.82) is 0 Å². The maximum Gasteiger partial charge on any atom is 0.257 e. The first-order valence-corrected chi connectivity index (χ1v) is 6.97. The summed E-state index contributed by atoms with van der Waals surface area (Å²) in [6.45, 7) is 0. The van der Waals surface area contributed by atoms with Gasteiger partial charge in [0.25, 0.3) is 5.91 Å². The highest BCUT2D eigenvalue weighted by molar-refractivity contribution is 9.10. The molecular formula is C12H6BrCl3N2O. The molecule has 1 N–H and O–H groups in total. The molecule has 0 bridgehead atoms. The molecule has 3 nitrogen and oxygen atoms in total. The smallest absolute Gasteiger partial charge is 0.257 e. The third-order valence-corrected chi connectivity index (χ3v) is 3.51. The van der Waals surface area contributed by atoms with Crippen molar-refractivity contribution in [2.45, 2.75) is 0 Å². The van der Waals surface area contributed by atoms with Crippen LogP contribution in [0, 0.1) is 0 Å². The maximum atomic E-state index is 12.0. The zero-order valence-corrected chi connectivity index (χ0v) is 13.1. The summed E-state index contributed by atoms with van der Waals surface area (Å²) in [5, 5.41) is 3.64. The molecule has 1 aromatic heterocycles. The third kappa shape index (κ3) is 3.60. The van der Waals surface area contributed by atoms with Crippen molar-refractivity contribution in [3.05, 3.63) is 55.7 Å². The van der Waals surface area contributed by atoms with E-state index >= 15 is 0 Å². The van der Waals surface area contributed by atoms with Crippen molar-refractivity contribution in [3.63, 3.8) is 0 Å². The van der Waals surface area contributed by atoms with Gasteiger partial charge >= 0.3 is 0 Å². The molecule has 7 heteroatoms. The number of halogens is 4. The van der Waals surface area contributed by atoms with Gasteiger partial charge in [0, 0.05) is 10.7 Å². The SMILES string of the molecule is O=C(Nc1c(Cl)cc(Br)cc1Cl)c1ccc(Cl)nc1. The second-order valence-corrected chi connectivity index (χ2v) is 5.69. The number of rotatable bonds is 2. The molecule has 1 heterocycles. The number of amides is 1. The normalized spacial score (nSPS) is 10.3. The Morgan fingerprint density at radius 3 is 2.32 bits per heavy atom. The summed E-state index contributed by atoms with van der Waals surface area (Å²) >= 11 is 21.0. The summed E-state index contributed by atoms with van der Waals surface area (Å²) in [5.41, 5.74) is 0.714. The summed E-state index contributed by atoms with van der Waals surface area (Å²) in [5.74, 6) is -0.365. The standard InChI is InChI=1S/C12H6BrCl3N2O/c13-7-3-8(14)11(9(15)4-7)18-12(19)6-1-2-10(16)17-5-6/h1-5H,(H,18,19). The molecular weight excluding hydrogens is 374 g/mol. The number of anilines is 1. The van der Waals surface area contributed by atoms with Gasteiger partial charge < -0.3 is 5.32 Å². The molecule has 0 aliphatic rings. The van der Waals surface area contributed by atoms with Crippen LogP contribution in [0.1, 0.15) is 10.4 Å². The number of pyridine rings is 1. The van der Waals surface area contributed by atoms with E-state index in [-0.39, 0.29) is 5.91 Å². The Labute approximate surface area is 133 Å². The van der Waals surface area contributed by atoms with Crippen LogP contribution in [0.4, 0.5) is 5.69 Å². The van der Waals surface area contributed by atoms with E-state index in [0.29, 0.717) is 26.4 Å². The molecule has 0 atom stereocenters. The number of hydrogen-bond donors (Lipinski definition) is 1. The van der Waals surface area contributed by atoms with Crippen LogP contribution in [0.15, 0.2) is 34.9 Å². The van der Waals surface area contributed by atoms with Crippen molar-refractivity contribution >= 4 is 62.3 Å². The molecule has 0 aliphatic heterocycles. The number of hydrogen-bond acceptors (Lipinski definition) is 2. The van der Waals surface area contributed by atoms with E-state index in [1.165, 1.54) is 12.3 Å². The van der Waals surface area contributed by atoms with Gasteiger partial charge in [-0.05, 0) is 24.3 Å². The molecule has 0 saturated carbocycles. The van der Waals surface area contributed by atoms with Crippen molar-refractivity contribution in [2.75, 3.05) is 5.32 Å². The summed E-state index contributed by atoms with van der Waals surface area (Å²) in [7, 11) is 0. The molecule has 2 rings (SSSR count). The minimum atomic E-state index is -0.365. The summed E-state index contributed by atoms with van der Waals surface area (Å²) in [4.78, 5) is 15.8. The van der Waals surface area contributed by atoms with Gasteiger partial charge in [0.2, 0.25) is 0 Å². The Balaban J connectivity index is 2.26. The van der Waals surface area contributed by atoms with Crippen LogP contribution in [0.5, 0.6) is 0 Å². The zero-order chi connectivity index (χ0) is 14.0. The number of aromatic nitrogens is 1. The molecule has 0 saturated heterocycles. The predicted octanol–water partition coefficient (Wildman–Crippen LogP) is 5.06. The van der Waals surface area contributed by atoms with Gasteiger partial charge in [-0.3, -0.25) is 4.79 Å². The zero-order valence-electron chi connectivity index (χ0n) is 9.25. The van der Waals surface area contributed by atoms with Gasteiger partial charge in [-0.25, -0.2) is 4.98 Å². The lowest BCUT2D eigenvalue weighted by Crippen LogP contribution is -2.12. The Bertz CT molecular complexity index is 608. The Kier molecular flexibility index (Phi) is 4.68. The molecule has 0 fully saturated rings. The van der Waals surface area contributed by atoms with Gasteiger partial charge in [0.05, 0.1) is 21.3 Å². The molecule has 2 aromatic rings. The third-order valence-electron chi connectivity index (χ3n) is 2.23. The van der Waals surface area contributed by atoms with Crippen LogP contribution in [-0.2, 0) is 0 Å². The lowest BCUT2D eigenvalue weighted by atomic mass is 10.2. The molecule has 0 unspecified atom stereocenters. The molecule has 0 spiro atoms. The van der Waals surface area contributed by atoms with Crippen molar-refractivity contribution in [1.82, 2.24) is 4.98 Å². The van der Waals surface area contributed by atoms with Gasteiger partial charge in [0.15, 0.2) is 0 Å². The van der Waals surface area contributed by atoms with Gasteiger partial charge in [0.1, 0.15) is 5.15 Å². The highest BCUT2D eigenvalue weighted by atomic mass is 79.9. The quantitative estimate of drug-likeness (QED) is 0.740. The maximum absolute atomic E-state index is 12.0. The predicted molar refractivity (Wildman–Crippen MR) is 81.4 cm³/mol. The van der Waals surface area contributed by atoms with Crippen LogP contribution in [0.3, 0.4) is 0 Å². The fourth-order valence-electron chi connectivity index (χ4n) is 1.36. The molecule has 98 valence electrons. The largest absolute Gasteiger partial charge is 0.319 e. The van der Waals surface area contributed by atoms with E-state index in [4.69, 9.17) is 34.8 Å². The van der Waals surface area contributed by atoms with E-state index < -0.39 is 0 Å². The summed E-state index contributed by atoms with van der Waals surface area (Å²) in [6.07, 6.45) is 1.37. The number of nitrogens with one attached hydrogen (secondary N) is 1. The minimum absolute atomic E-state index is 0.316. The molecule has 0 radical (unpaired) electrons. The Morgan fingerprint density at radius 1 is 1.16 bits per heavy atom. The van der Waals surface area contributed by atoms with Crippen LogP contribution < -0.4 is 5.32 Å². The van der Waals surface area contributed by atoms with E-state index in [9.17, 15) is 4.79 Å². The van der Waals surface area contributed by atoms with Crippen molar-refractivity contribution in [2.24, 2.45) is 0 Å². The minimum Gasteiger partial charge on any atom is -0.319 e. The van der Waals surface area contributed by atoms with Gasteiger partial charge in [-0.1, -0.05) is 50.7 Å². The number of carbonyl (C=O) groups is 1. The van der Waals surface area contributed by atoms with Crippen molar-refractivity contribution in [3.8, 4) is 0 Å². The number of carbonyl (C=O) groups excluding carboxylic acids is 1. The first kappa shape index (κ1) is 14.6. The molecule has 0 aliphatic carbocycles. The summed E-state index contributed by atoms with van der Waals surface area (Å²) < 4.78 is 0.730. The molecule has 1 amide bonds. The second-order valence-electron chi connectivity index (χ2n) is 3.57. The summed E-state index contributed by atoms with van der Waals surface area (Å²) in [6, 6.07) is 6.37. The van der Waals surface area contributed by atoms with Crippen LogP contribution >= 0.6 is 50.7 Å². The average molecular weight is 380 g/mol.